The highest BCUT2D eigenvalue weighted by Gasteiger charge is 2.28. The predicted molar refractivity (Wildman–Crippen MR) is 316 cm³/mol. The number of aliphatic hydroxyl groups excluding tert-OH is 1. The molecule has 0 saturated carbocycles. The number of hydrogen-bond donors (Lipinski definition) is 2. The van der Waals surface area contributed by atoms with Gasteiger partial charge in [-0.3, -0.25) is 23.4 Å². The number of hydrogen-bond acceptors (Lipinski definition) is 10. The second-order valence-corrected chi connectivity index (χ2v) is 22.3. The number of allylic oxidation sites excluding steroid dienone is 10. The highest BCUT2D eigenvalue weighted by molar-refractivity contribution is 7.47. The van der Waals surface area contributed by atoms with Crippen molar-refractivity contribution in [3.8, 4) is 0 Å². The molecule has 442 valence electrons. The summed E-state index contributed by atoms with van der Waals surface area (Å²) in [7, 11) is -4.75. The van der Waals surface area contributed by atoms with Crippen molar-refractivity contribution in [2.45, 2.75) is 303 Å². The molecule has 3 unspecified atom stereocenters. The lowest BCUT2D eigenvalue weighted by Gasteiger charge is -2.21. The maximum absolute atomic E-state index is 12.9. The summed E-state index contributed by atoms with van der Waals surface area (Å²) in [4.78, 5) is 48.7. The predicted octanol–water partition coefficient (Wildman–Crippen LogP) is 18.7. The van der Waals surface area contributed by atoms with Crippen LogP contribution in [0.1, 0.15) is 290 Å². The van der Waals surface area contributed by atoms with Crippen LogP contribution in [0.25, 0.3) is 0 Å². The van der Waals surface area contributed by atoms with E-state index in [1.54, 1.807) is 0 Å². The van der Waals surface area contributed by atoms with Gasteiger partial charge < -0.3 is 24.2 Å². The fraction of sp³-hybridized carbons (Fsp3) is 0.797. The molecule has 0 aliphatic heterocycles. The fourth-order valence-corrected chi connectivity index (χ4v) is 9.37. The smallest absolute Gasteiger partial charge is 0.462 e. The van der Waals surface area contributed by atoms with E-state index in [-0.39, 0.29) is 25.9 Å². The standard InChI is InChI=1S/C64H115O11P/c1-4-7-10-13-16-19-22-25-27-29-30-32-34-37-40-43-46-49-52-55-64(68)75-61(57-71-62(66)53-50-47-44-41-38-35-24-21-18-15-12-9-6-3)59-73-76(69,70)72-58-60(56-65)74-63(67)54-51-48-45-42-39-36-33-31-28-26-23-20-17-14-11-8-5-2/h16-17,19-21,24-28,60-61,65H,4-15,18,22-23,29-59H2,1-3H3,(H,69,70)/b19-16-,20-17-,24-21-,27-25-,28-26-. The van der Waals surface area contributed by atoms with Crippen molar-refractivity contribution in [2.75, 3.05) is 26.4 Å². The zero-order valence-corrected chi connectivity index (χ0v) is 49.9. The second kappa shape index (κ2) is 58.3. The van der Waals surface area contributed by atoms with Gasteiger partial charge in [-0.2, -0.15) is 0 Å². The summed E-state index contributed by atoms with van der Waals surface area (Å²) in [5.41, 5.74) is 0. The number of carbonyl (C=O) groups excluding carboxylic acids is 3. The summed E-state index contributed by atoms with van der Waals surface area (Å²) in [5.74, 6) is -1.47. The Morgan fingerprint density at radius 3 is 1.01 bits per heavy atom. The van der Waals surface area contributed by atoms with Crippen LogP contribution in [0, 0.1) is 0 Å². The van der Waals surface area contributed by atoms with Gasteiger partial charge in [0.2, 0.25) is 0 Å². The highest BCUT2D eigenvalue weighted by Crippen LogP contribution is 2.43. The van der Waals surface area contributed by atoms with E-state index >= 15 is 0 Å². The minimum Gasteiger partial charge on any atom is -0.462 e. The average Bonchev–Trinajstić information content (AvgIpc) is 3.41. The number of carbonyl (C=O) groups is 3. The zero-order chi connectivity index (χ0) is 55.5. The van der Waals surface area contributed by atoms with E-state index in [0.29, 0.717) is 19.3 Å². The second-order valence-electron chi connectivity index (χ2n) is 20.9. The molecule has 0 aliphatic carbocycles. The molecule has 12 heteroatoms. The van der Waals surface area contributed by atoms with Crippen LogP contribution in [-0.4, -0.2) is 66.5 Å². The molecule has 0 radical (unpaired) electrons. The van der Waals surface area contributed by atoms with Crippen LogP contribution >= 0.6 is 7.82 Å². The largest absolute Gasteiger partial charge is 0.472 e. The van der Waals surface area contributed by atoms with Gasteiger partial charge in [0.05, 0.1) is 19.8 Å². The summed E-state index contributed by atoms with van der Waals surface area (Å²) in [6.45, 7) is 4.59. The molecular formula is C64H115O11P. The van der Waals surface area contributed by atoms with Gasteiger partial charge in [-0.05, 0) is 109 Å². The van der Waals surface area contributed by atoms with Crippen LogP contribution in [0.3, 0.4) is 0 Å². The molecular weight excluding hydrogens is 976 g/mol. The summed E-state index contributed by atoms with van der Waals surface area (Å²) >= 11 is 0. The molecule has 0 spiro atoms. The van der Waals surface area contributed by atoms with Crippen LogP contribution in [0.5, 0.6) is 0 Å². The molecule has 76 heavy (non-hydrogen) atoms. The number of ether oxygens (including phenoxy) is 3. The lowest BCUT2D eigenvalue weighted by molar-refractivity contribution is -0.161. The minimum atomic E-state index is -4.75. The number of phosphoric ester groups is 1. The van der Waals surface area contributed by atoms with E-state index in [1.165, 1.54) is 122 Å². The number of phosphoric acid groups is 1. The number of esters is 3. The van der Waals surface area contributed by atoms with Crippen molar-refractivity contribution in [1.29, 1.82) is 0 Å². The molecule has 11 nitrogen and oxygen atoms in total. The lowest BCUT2D eigenvalue weighted by atomic mass is 10.1. The van der Waals surface area contributed by atoms with Gasteiger partial charge in [0.1, 0.15) is 12.7 Å². The molecule has 0 heterocycles. The molecule has 3 atom stereocenters. The third-order valence-electron chi connectivity index (χ3n) is 13.4. The Kier molecular flexibility index (Phi) is 56.2. The lowest BCUT2D eigenvalue weighted by Crippen LogP contribution is -2.30. The Labute approximate surface area is 465 Å². The van der Waals surface area contributed by atoms with Crippen LogP contribution in [0.15, 0.2) is 60.8 Å². The van der Waals surface area contributed by atoms with E-state index in [4.69, 9.17) is 23.3 Å². The van der Waals surface area contributed by atoms with E-state index in [9.17, 15) is 28.9 Å². The number of unbranched alkanes of at least 4 members (excludes halogenated alkanes) is 31. The molecule has 0 bridgehead atoms. The molecule has 0 fully saturated rings. The summed E-state index contributed by atoms with van der Waals surface area (Å²) in [6.07, 6.45) is 64.5. The van der Waals surface area contributed by atoms with Crippen LogP contribution < -0.4 is 0 Å². The first kappa shape index (κ1) is 73.2. The molecule has 0 aromatic rings. The average molecular weight is 1090 g/mol. The zero-order valence-electron chi connectivity index (χ0n) is 49.0. The normalized spacial score (nSPS) is 13.7. The molecule has 0 aliphatic rings. The SMILES string of the molecule is CCCCC/C=C\C/C=C\CCCCCCCCCCCC(=O)OC(COC(=O)CCCCCCC/C=C\CCCCCC)COP(=O)(O)OCC(CO)OC(=O)CCCCCCCCC/C=C\C/C=C\CCCCC. The van der Waals surface area contributed by atoms with Gasteiger partial charge in [-0.1, -0.05) is 223 Å². The molecule has 0 aromatic carbocycles. The first-order valence-corrected chi connectivity index (χ1v) is 32.7. The van der Waals surface area contributed by atoms with Crippen molar-refractivity contribution in [2.24, 2.45) is 0 Å². The van der Waals surface area contributed by atoms with Gasteiger partial charge in [0.15, 0.2) is 6.10 Å². The first-order chi connectivity index (χ1) is 37.2. The third kappa shape index (κ3) is 55.9. The van der Waals surface area contributed by atoms with Crippen LogP contribution in [-0.2, 0) is 42.2 Å². The van der Waals surface area contributed by atoms with Gasteiger partial charge in [-0.15, -0.1) is 0 Å². The first-order valence-electron chi connectivity index (χ1n) is 31.2. The topological polar surface area (TPSA) is 155 Å². The van der Waals surface area contributed by atoms with Crippen molar-refractivity contribution in [3.63, 3.8) is 0 Å². The molecule has 0 amide bonds. The van der Waals surface area contributed by atoms with Gasteiger partial charge in [0, 0.05) is 19.3 Å². The molecule has 2 N–H and O–H groups in total. The highest BCUT2D eigenvalue weighted by atomic mass is 31.2. The Morgan fingerprint density at radius 1 is 0.368 bits per heavy atom. The van der Waals surface area contributed by atoms with E-state index in [0.717, 1.165) is 109 Å². The van der Waals surface area contributed by atoms with Gasteiger partial charge in [0.25, 0.3) is 0 Å². The number of rotatable bonds is 58. The summed E-state index contributed by atoms with van der Waals surface area (Å²) in [6, 6.07) is 0. The quantitative estimate of drug-likeness (QED) is 0.0197. The van der Waals surface area contributed by atoms with Crippen molar-refractivity contribution in [1.82, 2.24) is 0 Å². The maximum atomic E-state index is 12.9. The third-order valence-corrected chi connectivity index (χ3v) is 14.3. The summed E-state index contributed by atoms with van der Waals surface area (Å²) in [5, 5.41) is 9.84. The molecule has 0 rings (SSSR count). The monoisotopic (exact) mass is 1090 g/mol. The van der Waals surface area contributed by atoms with Crippen molar-refractivity contribution < 1.29 is 52.2 Å². The Morgan fingerprint density at radius 2 is 0.645 bits per heavy atom. The van der Waals surface area contributed by atoms with E-state index < -0.39 is 57.8 Å². The van der Waals surface area contributed by atoms with Gasteiger partial charge >= 0.3 is 25.7 Å². The van der Waals surface area contributed by atoms with Crippen molar-refractivity contribution >= 4 is 25.7 Å². The Balaban J connectivity index is 4.68. The fourth-order valence-electron chi connectivity index (χ4n) is 8.59. The van der Waals surface area contributed by atoms with Crippen molar-refractivity contribution in [3.05, 3.63) is 60.8 Å². The number of aliphatic hydroxyl groups is 1. The molecule has 0 aromatic heterocycles. The van der Waals surface area contributed by atoms with Crippen LogP contribution in [0.4, 0.5) is 0 Å². The van der Waals surface area contributed by atoms with E-state index in [1.807, 2.05) is 0 Å². The Bertz CT molecular complexity index is 1510. The maximum Gasteiger partial charge on any atom is 0.472 e. The van der Waals surface area contributed by atoms with Gasteiger partial charge in [-0.25, -0.2) is 4.57 Å². The summed E-state index contributed by atoms with van der Waals surface area (Å²) < 4.78 is 39.6. The van der Waals surface area contributed by atoms with E-state index in [2.05, 4.69) is 81.5 Å². The minimum absolute atomic E-state index is 0.161. The Hall–Kier alpha value is -2.82. The van der Waals surface area contributed by atoms with Crippen LogP contribution in [0.2, 0.25) is 0 Å². The molecule has 0 saturated heterocycles.